The molecule has 3 N–H and O–H groups in total. The van der Waals surface area contributed by atoms with Gasteiger partial charge in [-0.05, 0) is 26.2 Å². The summed E-state index contributed by atoms with van der Waals surface area (Å²) in [6.45, 7) is 3.01. The van der Waals surface area contributed by atoms with Crippen molar-refractivity contribution in [2.75, 3.05) is 13.1 Å². The summed E-state index contributed by atoms with van der Waals surface area (Å²) in [6, 6.07) is 0.380. The van der Waals surface area contributed by atoms with Crippen LogP contribution in [-0.2, 0) is 0 Å². The summed E-state index contributed by atoms with van der Waals surface area (Å²) in [5.41, 5.74) is 7.05. The predicted molar refractivity (Wildman–Crippen MR) is 61.1 cm³/mol. The van der Waals surface area contributed by atoms with Gasteiger partial charge in [0.05, 0.1) is 11.8 Å². The number of H-pyrrole nitrogens is 1. The molecule has 0 aromatic carbocycles. The van der Waals surface area contributed by atoms with E-state index >= 15 is 0 Å². The maximum atomic E-state index is 12.3. The highest BCUT2D eigenvalue weighted by Crippen LogP contribution is 2.26. The maximum absolute atomic E-state index is 12.3. The molecule has 1 aromatic rings. The quantitative estimate of drug-likeness (QED) is 0.786. The van der Waals surface area contributed by atoms with Crippen LogP contribution in [0.4, 0.5) is 0 Å². The summed E-state index contributed by atoms with van der Waals surface area (Å²) in [5, 5.41) is 6.68. The van der Waals surface area contributed by atoms with Crippen molar-refractivity contribution in [1.29, 1.82) is 0 Å². The van der Waals surface area contributed by atoms with E-state index in [9.17, 15) is 4.79 Å². The molecule has 0 aliphatic heterocycles. The third-order valence-corrected chi connectivity index (χ3v) is 3.21. The van der Waals surface area contributed by atoms with Gasteiger partial charge in [-0.2, -0.15) is 5.10 Å². The van der Waals surface area contributed by atoms with Crippen molar-refractivity contribution < 1.29 is 4.79 Å². The smallest absolute Gasteiger partial charge is 0.257 e. The number of hydrogen-bond donors (Lipinski definition) is 2. The molecule has 1 aromatic heterocycles. The number of carbonyl (C=O) groups is 1. The van der Waals surface area contributed by atoms with E-state index in [0.29, 0.717) is 24.7 Å². The van der Waals surface area contributed by atoms with Gasteiger partial charge in [-0.3, -0.25) is 9.89 Å². The predicted octanol–water partition coefficient (Wildman–Crippen LogP) is 0.672. The number of aromatic nitrogens is 2. The number of aromatic amines is 1. The molecule has 1 saturated carbocycles. The van der Waals surface area contributed by atoms with Gasteiger partial charge in [-0.25, -0.2) is 0 Å². The summed E-state index contributed by atoms with van der Waals surface area (Å²) >= 11 is 0. The normalized spacial score (nSPS) is 15.9. The van der Waals surface area contributed by atoms with Crippen molar-refractivity contribution in [3.05, 3.63) is 17.5 Å². The lowest BCUT2D eigenvalue weighted by molar-refractivity contribution is 0.0588. The summed E-state index contributed by atoms with van der Waals surface area (Å²) in [4.78, 5) is 14.2. The zero-order valence-corrected chi connectivity index (χ0v) is 9.57. The van der Waals surface area contributed by atoms with E-state index in [1.54, 1.807) is 6.20 Å². The molecule has 16 heavy (non-hydrogen) atoms. The Morgan fingerprint density at radius 2 is 2.44 bits per heavy atom. The molecule has 1 aliphatic rings. The molecule has 2 rings (SSSR count). The van der Waals surface area contributed by atoms with Crippen molar-refractivity contribution in [2.24, 2.45) is 5.73 Å². The number of carbonyl (C=O) groups excluding carboxylic acids is 1. The fourth-order valence-corrected chi connectivity index (χ4v) is 2.01. The number of hydrogen-bond acceptors (Lipinski definition) is 3. The van der Waals surface area contributed by atoms with Gasteiger partial charge in [-0.15, -0.1) is 0 Å². The Morgan fingerprint density at radius 3 is 2.88 bits per heavy atom. The standard InChI is InChI=1S/C11H18N4O/c1-8-10(7-13-14-8)11(16)15(6-5-12)9-3-2-4-9/h7,9H,2-6,12H2,1H3,(H,13,14). The molecule has 0 unspecified atom stereocenters. The van der Waals surface area contributed by atoms with Gasteiger partial charge in [0.2, 0.25) is 0 Å². The van der Waals surface area contributed by atoms with E-state index in [1.807, 2.05) is 11.8 Å². The van der Waals surface area contributed by atoms with Crippen LogP contribution in [0, 0.1) is 6.92 Å². The topological polar surface area (TPSA) is 75.0 Å². The zero-order valence-electron chi connectivity index (χ0n) is 9.57. The Morgan fingerprint density at radius 1 is 1.69 bits per heavy atom. The average Bonchev–Trinajstić information content (AvgIpc) is 2.60. The average molecular weight is 222 g/mol. The Bertz CT molecular complexity index is 370. The Labute approximate surface area is 95.0 Å². The van der Waals surface area contributed by atoms with Gasteiger partial charge in [0.15, 0.2) is 0 Å². The van der Waals surface area contributed by atoms with Crippen molar-refractivity contribution >= 4 is 5.91 Å². The van der Waals surface area contributed by atoms with E-state index in [-0.39, 0.29) is 5.91 Å². The van der Waals surface area contributed by atoms with Crippen LogP contribution >= 0.6 is 0 Å². The van der Waals surface area contributed by atoms with Gasteiger partial charge in [-0.1, -0.05) is 0 Å². The Kier molecular flexibility index (Phi) is 3.24. The van der Waals surface area contributed by atoms with E-state index in [1.165, 1.54) is 6.42 Å². The first kappa shape index (κ1) is 11.1. The molecule has 0 saturated heterocycles. The van der Waals surface area contributed by atoms with E-state index in [2.05, 4.69) is 10.2 Å². The van der Waals surface area contributed by atoms with E-state index in [0.717, 1.165) is 18.5 Å². The SMILES string of the molecule is Cc1[nH]ncc1C(=O)N(CCN)C1CCC1. The molecule has 0 spiro atoms. The molecular formula is C11H18N4O. The summed E-state index contributed by atoms with van der Waals surface area (Å²) in [5.74, 6) is 0.0569. The van der Waals surface area contributed by atoms with Crippen LogP contribution in [-0.4, -0.2) is 40.1 Å². The first-order valence-corrected chi connectivity index (χ1v) is 5.75. The fourth-order valence-electron chi connectivity index (χ4n) is 2.01. The number of nitrogens with one attached hydrogen (secondary N) is 1. The summed E-state index contributed by atoms with van der Waals surface area (Å²) in [6.07, 6.45) is 5.01. The highest BCUT2D eigenvalue weighted by Gasteiger charge is 2.29. The number of rotatable bonds is 4. The van der Waals surface area contributed by atoms with Crippen LogP contribution < -0.4 is 5.73 Å². The van der Waals surface area contributed by atoms with Gasteiger partial charge in [0.1, 0.15) is 0 Å². The van der Waals surface area contributed by atoms with E-state index < -0.39 is 0 Å². The monoisotopic (exact) mass is 222 g/mol. The second-order valence-corrected chi connectivity index (χ2v) is 4.28. The molecule has 5 heteroatoms. The molecule has 1 amide bonds. The highest BCUT2D eigenvalue weighted by atomic mass is 16.2. The van der Waals surface area contributed by atoms with Crippen LogP contribution in [0.15, 0.2) is 6.20 Å². The zero-order chi connectivity index (χ0) is 11.5. The number of amides is 1. The second kappa shape index (κ2) is 4.65. The minimum Gasteiger partial charge on any atom is -0.334 e. The van der Waals surface area contributed by atoms with Crippen LogP contribution in [0.1, 0.15) is 35.3 Å². The molecular weight excluding hydrogens is 204 g/mol. The molecule has 0 atom stereocenters. The van der Waals surface area contributed by atoms with Gasteiger partial charge in [0, 0.05) is 24.8 Å². The minimum absolute atomic E-state index is 0.0569. The molecule has 1 fully saturated rings. The van der Waals surface area contributed by atoms with Gasteiger partial charge < -0.3 is 10.6 Å². The van der Waals surface area contributed by atoms with Gasteiger partial charge in [0.25, 0.3) is 5.91 Å². The first-order chi connectivity index (χ1) is 7.74. The van der Waals surface area contributed by atoms with Gasteiger partial charge >= 0.3 is 0 Å². The largest absolute Gasteiger partial charge is 0.334 e. The van der Waals surface area contributed by atoms with E-state index in [4.69, 9.17) is 5.73 Å². The number of nitrogens with two attached hydrogens (primary N) is 1. The van der Waals surface area contributed by atoms with Crippen LogP contribution in [0.5, 0.6) is 0 Å². The second-order valence-electron chi connectivity index (χ2n) is 4.28. The minimum atomic E-state index is 0.0569. The lowest BCUT2D eigenvalue weighted by Crippen LogP contribution is -2.46. The molecule has 1 aliphatic carbocycles. The fraction of sp³-hybridized carbons (Fsp3) is 0.636. The summed E-state index contributed by atoms with van der Waals surface area (Å²) in [7, 11) is 0. The van der Waals surface area contributed by atoms with Crippen molar-refractivity contribution in [1.82, 2.24) is 15.1 Å². The van der Waals surface area contributed by atoms with Crippen LogP contribution in [0.3, 0.4) is 0 Å². The van der Waals surface area contributed by atoms with Crippen LogP contribution in [0.2, 0.25) is 0 Å². The first-order valence-electron chi connectivity index (χ1n) is 5.75. The number of aryl methyl sites for hydroxylation is 1. The molecule has 88 valence electrons. The Balaban J connectivity index is 2.13. The lowest BCUT2D eigenvalue weighted by atomic mass is 9.91. The van der Waals surface area contributed by atoms with Crippen molar-refractivity contribution in [3.63, 3.8) is 0 Å². The van der Waals surface area contributed by atoms with Crippen molar-refractivity contribution in [2.45, 2.75) is 32.2 Å². The van der Waals surface area contributed by atoms with Crippen molar-refractivity contribution in [3.8, 4) is 0 Å². The lowest BCUT2D eigenvalue weighted by Gasteiger charge is -2.37. The third kappa shape index (κ3) is 1.95. The maximum Gasteiger partial charge on any atom is 0.257 e. The molecule has 0 radical (unpaired) electrons. The molecule has 5 nitrogen and oxygen atoms in total. The number of nitrogens with zero attached hydrogens (tertiary/aromatic N) is 2. The molecule has 1 heterocycles. The third-order valence-electron chi connectivity index (χ3n) is 3.21. The van der Waals surface area contributed by atoms with Crippen LogP contribution in [0.25, 0.3) is 0 Å². The summed E-state index contributed by atoms with van der Waals surface area (Å²) < 4.78 is 0. The highest BCUT2D eigenvalue weighted by molar-refractivity contribution is 5.95. The Hall–Kier alpha value is -1.36. The molecule has 0 bridgehead atoms.